The molecule has 4 aromatic rings. The van der Waals surface area contributed by atoms with E-state index in [0.717, 1.165) is 40.8 Å². The zero-order valence-electron chi connectivity index (χ0n) is 22.6. The van der Waals surface area contributed by atoms with Gasteiger partial charge in [-0.15, -0.1) is 0 Å². The number of aliphatic imine (C=N–C) groups is 1. The molecule has 0 radical (unpaired) electrons. The fourth-order valence-corrected chi connectivity index (χ4v) is 4.89. The summed E-state index contributed by atoms with van der Waals surface area (Å²) in [5.41, 5.74) is 7.84. The number of nitrogens with one attached hydrogen (secondary N) is 1. The van der Waals surface area contributed by atoms with Gasteiger partial charge in [-0.25, -0.2) is 24.7 Å². The molecule has 9 heteroatoms. The Morgan fingerprint density at radius 2 is 1.85 bits per heavy atom. The van der Waals surface area contributed by atoms with E-state index in [0.29, 0.717) is 35.8 Å². The number of aliphatic hydroxyl groups is 1. The lowest BCUT2D eigenvalue weighted by Gasteiger charge is -2.16. The molecule has 1 atom stereocenters. The van der Waals surface area contributed by atoms with E-state index in [1.165, 1.54) is 23.8 Å². The van der Waals surface area contributed by atoms with Crippen molar-refractivity contribution in [3.05, 3.63) is 111 Å². The second-order valence-electron chi connectivity index (χ2n) is 9.59. The number of aryl methyl sites for hydroxylation is 2. The lowest BCUT2D eigenvalue weighted by atomic mass is 9.96. The van der Waals surface area contributed by atoms with Crippen LogP contribution in [0, 0.1) is 12.7 Å². The third-order valence-corrected chi connectivity index (χ3v) is 6.92. The number of methoxy groups -OCH3 is 1. The van der Waals surface area contributed by atoms with Gasteiger partial charge in [-0.1, -0.05) is 61.9 Å². The van der Waals surface area contributed by atoms with Crippen LogP contribution in [0.3, 0.4) is 0 Å². The average molecular weight is 543 g/mol. The minimum absolute atomic E-state index is 0.114. The van der Waals surface area contributed by atoms with E-state index in [4.69, 9.17) is 14.6 Å². The van der Waals surface area contributed by atoms with Gasteiger partial charge < -0.3 is 9.84 Å². The smallest absolute Gasteiger partial charge is 0.280 e. The van der Waals surface area contributed by atoms with Crippen LogP contribution in [0.1, 0.15) is 48.0 Å². The van der Waals surface area contributed by atoms with Crippen LogP contribution >= 0.6 is 0 Å². The van der Waals surface area contributed by atoms with E-state index in [1.807, 2.05) is 48.5 Å². The molecule has 1 aliphatic rings. The summed E-state index contributed by atoms with van der Waals surface area (Å²) in [5.74, 6) is 0.532. The van der Waals surface area contributed by atoms with Crippen LogP contribution in [0.25, 0.3) is 16.8 Å². The SMILES string of the molecule is CCCCc1nc(C)n(-c2ccc(OC)c(F)c2)c(=O)c1Cc1ccc(-c2ccccc2C2=NC(O)ON2)cc1. The molecule has 0 saturated carbocycles. The van der Waals surface area contributed by atoms with E-state index in [2.05, 4.69) is 17.4 Å². The number of unbranched alkanes of at least 4 members (excludes halogenated alkanes) is 1. The minimum atomic E-state index is -1.24. The Morgan fingerprint density at radius 1 is 1.10 bits per heavy atom. The topological polar surface area (TPSA) is 98.0 Å². The number of hydrogen-bond donors (Lipinski definition) is 2. The van der Waals surface area contributed by atoms with Crippen molar-refractivity contribution in [3.63, 3.8) is 0 Å². The van der Waals surface area contributed by atoms with Crippen LogP contribution in [-0.2, 0) is 17.7 Å². The van der Waals surface area contributed by atoms with Gasteiger partial charge >= 0.3 is 0 Å². The number of ether oxygens (including phenoxy) is 1. The number of benzene rings is 3. The molecule has 0 saturated heterocycles. The highest BCUT2D eigenvalue weighted by molar-refractivity contribution is 6.04. The maximum atomic E-state index is 14.5. The number of aromatic nitrogens is 2. The summed E-state index contributed by atoms with van der Waals surface area (Å²) in [6, 6.07) is 20.1. The summed E-state index contributed by atoms with van der Waals surface area (Å²) in [6.07, 6.45) is 1.72. The van der Waals surface area contributed by atoms with E-state index < -0.39 is 12.2 Å². The molecule has 2 heterocycles. The molecule has 0 bridgehead atoms. The molecule has 0 spiro atoms. The molecule has 5 rings (SSSR count). The quantitative estimate of drug-likeness (QED) is 0.314. The summed E-state index contributed by atoms with van der Waals surface area (Å²) in [7, 11) is 1.40. The molecule has 3 aromatic carbocycles. The molecular formula is C31H31FN4O4. The average Bonchev–Trinajstić information content (AvgIpc) is 3.40. The van der Waals surface area contributed by atoms with Gasteiger partial charge in [0.2, 0.25) is 0 Å². The minimum Gasteiger partial charge on any atom is -0.494 e. The van der Waals surface area contributed by atoms with E-state index in [9.17, 15) is 14.3 Å². The summed E-state index contributed by atoms with van der Waals surface area (Å²) in [4.78, 5) is 27.7. The highest BCUT2D eigenvalue weighted by Crippen LogP contribution is 2.27. The number of hydrogen-bond acceptors (Lipinski definition) is 7. The lowest BCUT2D eigenvalue weighted by Crippen LogP contribution is -2.28. The number of halogens is 1. The molecule has 8 nitrogen and oxygen atoms in total. The number of aliphatic hydroxyl groups excluding tert-OH is 1. The van der Waals surface area contributed by atoms with Crippen molar-refractivity contribution < 1.29 is 19.1 Å². The monoisotopic (exact) mass is 542 g/mol. The van der Waals surface area contributed by atoms with Crippen molar-refractivity contribution in [2.45, 2.75) is 45.9 Å². The zero-order chi connectivity index (χ0) is 28.2. The van der Waals surface area contributed by atoms with Crippen molar-refractivity contribution in [1.29, 1.82) is 0 Å². The lowest BCUT2D eigenvalue weighted by molar-refractivity contribution is -0.102. The largest absolute Gasteiger partial charge is 0.494 e. The third kappa shape index (κ3) is 5.52. The summed E-state index contributed by atoms with van der Waals surface area (Å²) in [6.45, 7) is 3.87. The van der Waals surface area contributed by atoms with Crippen LogP contribution in [0.2, 0.25) is 0 Å². The number of rotatable bonds is 9. The molecule has 1 aromatic heterocycles. The predicted molar refractivity (Wildman–Crippen MR) is 151 cm³/mol. The Labute approximate surface area is 231 Å². The van der Waals surface area contributed by atoms with Crippen LogP contribution in [-0.4, -0.2) is 34.0 Å². The predicted octanol–water partition coefficient (Wildman–Crippen LogP) is 4.85. The molecule has 206 valence electrons. The van der Waals surface area contributed by atoms with E-state index in [-0.39, 0.29) is 11.3 Å². The summed E-state index contributed by atoms with van der Waals surface area (Å²) < 4.78 is 21.0. The van der Waals surface area contributed by atoms with E-state index >= 15 is 0 Å². The van der Waals surface area contributed by atoms with Gasteiger partial charge in [0, 0.05) is 23.6 Å². The first kappa shape index (κ1) is 27.2. The molecule has 1 unspecified atom stereocenters. The second kappa shape index (κ2) is 11.8. The van der Waals surface area contributed by atoms with Gasteiger partial charge in [0.15, 0.2) is 17.4 Å². The van der Waals surface area contributed by atoms with Gasteiger partial charge in [-0.3, -0.25) is 9.36 Å². The van der Waals surface area contributed by atoms with Crippen LogP contribution in [0.4, 0.5) is 4.39 Å². The van der Waals surface area contributed by atoms with Gasteiger partial charge in [0.1, 0.15) is 5.82 Å². The van der Waals surface area contributed by atoms with Crippen molar-refractivity contribution >= 4 is 5.84 Å². The maximum absolute atomic E-state index is 14.5. The summed E-state index contributed by atoms with van der Waals surface area (Å²) in [5, 5.41) is 9.62. The molecule has 0 aliphatic carbocycles. The van der Waals surface area contributed by atoms with Crippen LogP contribution in [0.5, 0.6) is 5.75 Å². The molecule has 0 fully saturated rings. The Bertz CT molecular complexity index is 1620. The normalized spacial score (nSPS) is 14.6. The van der Waals surface area contributed by atoms with Crippen LogP contribution in [0.15, 0.2) is 76.5 Å². The van der Waals surface area contributed by atoms with Gasteiger partial charge in [0.25, 0.3) is 12.0 Å². The standard InChI is InChI=1S/C31H31FN4O4/c1-4-5-10-27-25(30(37)36(19(2)33-27)22-15-16-28(39-3)26(32)18-22)17-20-11-13-21(14-12-20)23-8-6-7-9-24(23)29-34-31(38)40-35-29/h6-9,11-16,18,31,38H,4-5,10,17H2,1-3H3,(H,34,35). The van der Waals surface area contributed by atoms with Crippen molar-refractivity contribution in [2.24, 2.45) is 4.99 Å². The van der Waals surface area contributed by atoms with Gasteiger partial charge in [-0.05, 0) is 48.6 Å². The first-order chi connectivity index (χ1) is 19.4. The fourth-order valence-electron chi connectivity index (χ4n) is 4.89. The molecule has 1 aliphatic heterocycles. The van der Waals surface area contributed by atoms with Gasteiger partial charge in [-0.2, -0.15) is 0 Å². The summed E-state index contributed by atoms with van der Waals surface area (Å²) >= 11 is 0. The number of amidine groups is 1. The van der Waals surface area contributed by atoms with Crippen molar-refractivity contribution in [2.75, 3.05) is 7.11 Å². The first-order valence-electron chi connectivity index (χ1n) is 13.2. The van der Waals surface area contributed by atoms with Crippen molar-refractivity contribution in [1.82, 2.24) is 15.0 Å². The number of nitrogens with zero attached hydrogens (tertiary/aromatic N) is 3. The molecule has 0 amide bonds. The highest BCUT2D eigenvalue weighted by Gasteiger charge is 2.20. The zero-order valence-corrected chi connectivity index (χ0v) is 22.6. The number of hydroxylamine groups is 1. The molecule has 2 N–H and O–H groups in total. The molecular weight excluding hydrogens is 511 g/mol. The Kier molecular flexibility index (Phi) is 8.04. The Hall–Kier alpha value is -4.34. The third-order valence-electron chi connectivity index (χ3n) is 6.92. The van der Waals surface area contributed by atoms with Crippen LogP contribution < -0.4 is 15.8 Å². The van der Waals surface area contributed by atoms with Crippen molar-refractivity contribution in [3.8, 4) is 22.6 Å². The fraction of sp³-hybridized carbons (Fsp3) is 0.258. The molecule has 40 heavy (non-hydrogen) atoms. The highest BCUT2D eigenvalue weighted by atomic mass is 19.1. The van der Waals surface area contributed by atoms with E-state index in [1.54, 1.807) is 13.0 Å². The second-order valence-corrected chi connectivity index (χ2v) is 9.59. The Balaban J connectivity index is 1.51. The Morgan fingerprint density at radius 3 is 2.50 bits per heavy atom. The first-order valence-corrected chi connectivity index (χ1v) is 13.2. The van der Waals surface area contributed by atoms with Gasteiger partial charge in [0.05, 0.1) is 18.5 Å². The maximum Gasteiger partial charge on any atom is 0.280 e.